The standard InChI is InChI=1S/C22H31N3O/c1-3-5-14-21(24-16-15-18-10-7-6-8-11-18)19-12-9-13-20(17-19)25-22(26)23-4-2/h6-13,17,21,24H,3-5,14-16H2,1-2H3,(H2,23,25,26). The van der Waals surface area contributed by atoms with Crippen molar-refractivity contribution in [2.24, 2.45) is 0 Å². The van der Waals surface area contributed by atoms with Crippen LogP contribution in [0.5, 0.6) is 0 Å². The molecule has 2 amide bonds. The van der Waals surface area contributed by atoms with Gasteiger partial charge in [0.05, 0.1) is 0 Å². The van der Waals surface area contributed by atoms with E-state index in [0.717, 1.165) is 25.1 Å². The Kier molecular flexibility index (Phi) is 8.70. The monoisotopic (exact) mass is 353 g/mol. The summed E-state index contributed by atoms with van der Waals surface area (Å²) in [7, 11) is 0. The van der Waals surface area contributed by atoms with Crippen molar-refractivity contribution in [1.82, 2.24) is 10.6 Å². The molecule has 0 aliphatic heterocycles. The molecule has 0 heterocycles. The van der Waals surface area contributed by atoms with Crippen molar-refractivity contribution in [2.75, 3.05) is 18.4 Å². The summed E-state index contributed by atoms with van der Waals surface area (Å²) in [4.78, 5) is 11.8. The minimum atomic E-state index is -0.160. The molecule has 0 aliphatic carbocycles. The van der Waals surface area contributed by atoms with Crippen LogP contribution < -0.4 is 16.0 Å². The van der Waals surface area contributed by atoms with Gasteiger partial charge in [0, 0.05) is 18.3 Å². The number of urea groups is 1. The molecule has 0 aromatic heterocycles. The Balaban J connectivity index is 1.99. The van der Waals surface area contributed by atoms with Crippen LogP contribution in [-0.4, -0.2) is 19.1 Å². The first-order chi connectivity index (χ1) is 12.7. The number of carbonyl (C=O) groups excluding carboxylic acids is 1. The van der Waals surface area contributed by atoms with Gasteiger partial charge in [-0.25, -0.2) is 4.79 Å². The number of nitrogens with one attached hydrogen (secondary N) is 3. The van der Waals surface area contributed by atoms with Crippen molar-refractivity contribution in [3.8, 4) is 0 Å². The molecule has 0 aliphatic rings. The normalized spacial score (nSPS) is 11.8. The van der Waals surface area contributed by atoms with E-state index in [-0.39, 0.29) is 6.03 Å². The number of hydrogen-bond acceptors (Lipinski definition) is 2. The second-order valence-electron chi connectivity index (χ2n) is 6.49. The Morgan fingerprint density at radius 2 is 1.85 bits per heavy atom. The largest absolute Gasteiger partial charge is 0.338 e. The lowest BCUT2D eigenvalue weighted by molar-refractivity contribution is 0.252. The molecule has 1 atom stereocenters. The molecule has 0 fully saturated rings. The fraction of sp³-hybridized carbons (Fsp3) is 0.409. The lowest BCUT2D eigenvalue weighted by Crippen LogP contribution is -2.28. The Hall–Kier alpha value is -2.33. The first-order valence-corrected chi connectivity index (χ1v) is 9.65. The molecule has 140 valence electrons. The number of unbranched alkanes of at least 4 members (excludes halogenated alkanes) is 1. The molecule has 26 heavy (non-hydrogen) atoms. The van der Waals surface area contributed by atoms with E-state index in [0.29, 0.717) is 12.6 Å². The highest BCUT2D eigenvalue weighted by atomic mass is 16.2. The topological polar surface area (TPSA) is 53.2 Å². The zero-order valence-electron chi connectivity index (χ0n) is 15.9. The first-order valence-electron chi connectivity index (χ1n) is 9.65. The average Bonchev–Trinajstić information content (AvgIpc) is 2.65. The van der Waals surface area contributed by atoms with Crippen LogP contribution in [0.15, 0.2) is 54.6 Å². The van der Waals surface area contributed by atoms with Gasteiger partial charge in [-0.15, -0.1) is 0 Å². The van der Waals surface area contributed by atoms with Gasteiger partial charge in [0.1, 0.15) is 0 Å². The van der Waals surface area contributed by atoms with Gasteiger partial charge in [0.2, 0.25) is 0 Å². The van der Waals surface area contributed by atoms with Crippen molar-refractivity contribution < 1.29 is 4.79 Å². The summed E-state index contributed by atoms with van der Waals surface area (Å²) in [5, 5.41) is 9.36. The third-order valence-corrected chi connectivity index (χ3v) is 4.38. The van der Waals surface area contributed by atoms with Crippen molar-refractivity contribution in [1.29, 1.82) is 0 Å². The van der Waals surface area contributed by atoms with Gasteiger partial charge in [0.15, 0.2) is 0 Å². The number of anilines is 1. The van der Waals surface area contributed by atoms with Gasteiger partial charge in [-0.2, -0.15) is 0 Å². The molecule has 0 spiro atoms. The highest BCUT2D eigenvalue weighted by molar-refractivity contribution is 5.89. The Bertz CT molecular complexity index is 657. The average molecular weight is 354 g/mol. The highest BCUT2D eigenvalue weighted by Gasteiger charge is 2.11. The van der Waals surface area contributed by atoms with Crippen LogP contribution in [0.4, 0.5) is 10.5 Å². The lowest BCUT2D eigenvalue weighted by atomic mass is 10.00. The van der Waals surface area contributed by atoms with Gasteiger partial charge in [0.25, 0.3) is 0 Å². The number of benzene rings is 2. The molecule has 0 saturated carbocycles. The van der Waals surface area contributed by atoms with Crippen molar-refractivity contribution in [2.45, 2.75) is 45.6 Å². The van der Waals surface area contributed by atoms with Crippen LogP contribution in [0.1, 0.15) is 50.3 Å². The summed E-state index contributed by atoms with van der Waals surface area (Å²) < 4.78 is 0. The Morgan fingerprint density at radius 3 is 2.58 bits per heavy atom. The zero-order chi connectivity index (χ0) is 18.6. The molecule has 3 N–H and O–H groups in total. The summed E-state index contributed by atoms with van der Waals surface area (Å²) in [6.45, 7) is 5.68. The fourth-order valence-corrected chi connectivity index (χ4v) is 3.00. The maximum Gasteiger partial charge on any atom is 0.319 e. The van der Waals surface area contributed by atoms with E-state index in [4.69, 9.17) is 0 Å². The molecule has 2 rings (SSSR count). The van der Waals surface area contributed by atoms with Crippen molar-refractivity contribution in [3.05, 3.63) is 65.7 Å². The van der Waals surface area contributed by atoms with Crippen LogP contribution in [0.2, 0.25) is 0 Å². The van der Waals surface area contributed by atoms with Crippen molar-refractivity contribution in [3.63, 3.8) is 0 Å². The maximum atomic E-state index is 11.8. The summed E-state index contributed by atoms with van der Waals surface area (Å²) in [5.41, 5.74) is 3.40. The third-order valence-electron chi connectivity index (χ3n) is 4.38. The smallest absolute Gasteiger partial charge is 0.319 e. The molecular formula is C22H31N3O. The van der Waals surface area contributed by atoms with Crippen LogP contribution >= 0.6 is 0 Å². The zero-order valence-corrected chi connectivity index (χ0v) is 15.9. The first kappa shape index (κ1) is 20.0. The minimum Gasteiger partial charge on any atom is -0.338 e. The summed E-state index contributed by atoms with van der Waals surface area (Å²) in [5.74, 6) is 0. The second kappa shape index (κ2) is 11.3. The number of hydrogen-bond donors (Lipinski definition) is 3. The molecule has 2 aromatic rings. The predicted octanol–water partition coefficient (Wildman–Crippen LogP) is 4.89. The molecule has 2 aromatic carbocycles. The van der Waals surface area contributed by atoms with Gasteiger partial charge < -0.3 is 16.0 Å². The van der Waals surface area contributed by atoms with E-state index in [2.05, 4.69) is 59.3 Å². The van der Waals surface area contributed by atoms with Gasteiger partial charge in [-0.3, -0.25) is 0 Å². The number of rotatable bonds is 10. The summed E-state index contributed by atoms with van der Waals surface area (Å²) in [6.07, 6.45) is 4.46. The molecule has 4 heteroatoms. The fourth-order valence-electron chi connectivity index (χ4n) is 3.00. The van der Waals surface area contributed by atoms with E-state index in [9.17, 15) is 4.79 Å². The lowest BCUT2D eigenvalue weighted by Gasteiger charge is -2.20. The third kappa shape index (κ3) is 6.89. The van der Waals surface area contributed by atoms with Crippen LogP contribution in [0.25, 0.3) is 0 Å². The molecule has 1 unspecified atom stereocenters. The number of amides is 2. The minimum absolute atomic E-state index is 0.160. The van der Waals surface area contributed by atoms with Gasteiger partial charge >= 0.3 is 6.03 Å². The Labute approximate surface area is 157 Å². The van der Waals surface area contributed by atoms with Crippen LogP contribution in [0.3, 0.4) is 0 Å². The van der Waals surface area contributed by atoms with E-state index in [1.54, 1.807) is 0 Å². The molecule has 0 radical (unpaired) electrons. The van der Waals surface area contributed by atoms with Crippen LogP contribution in [0, 0.1) is 0 Å². The van der Waals surface area contributed by atoms with E-state index in [1.165, 1.54) is 24.0 Å². The molecule has 4 nitrogen and oxygen atoms in total. The molecule has 0 bridgehead atoms. The van der Waals surface area contributed by atoms with E-state index in [1.807, 2.05) is 25.1 Å². The van der Waals surface area contributed by atoms with E-state index < -0.39 is 0 Å². The highest BCUT2D eigenvalue weighted by Crippen LogP contribution is 2.22. The van der Waals surface area contributed by atoms with Crippen molar-refractivity contribution >= 4 is 11.7 Å². The van der Waals surface area contributed by atoms with E-state index >= 15 is 0 Å². The quantitative estimate of drug-likeness (QED) is 0.569. The maximum absolute atomic E-state index is 11.8. The van der Waals surface area contributed by atoms with Gasteiger partial charge in [-0.05, 0) is 49.6 Å². The Morgan fingerprint density at radius 1 is 1.04 bits per heavy atom. The summed E-state index contributed by atoms with van der Waals surface area (Å²) in [6, 6.07) is 18.8. The number of carbonyl (C=O) groups is 1. The van der Waals surface area contributed by atoms with Crippen LogP contribution in [-0.2, 0) is 6.42 Å². The SMILES string of the molecule is CCCCC(NCCc1ccccc1)c1cccc(NC(=O)NCC)c1. The molecule has 0 saturated heterocycles. The summed E-state index contributed by atoms with van der Waals surface area (Å²) >= 11 is 0. The predicted molar refractivity (Wildman–Crippen MR) is 110 cm³/mol. The molecular weight excluding hydrogens is 322 g/mol. The second-order valence-corrected chi connectivity index (χ2v) is 6.49. The van der Waals surface area contributed by atoms with Gasteiger partial charge in [-0.1, -0.05) is 62.2 Å².